The van der Waals surface area contributed by atoms with Crippen molar-refractivity contribution in [2.24, 2.45) is 5.92 Å². The second-order valence-corrected chi connectivity index (χ2v) is 3.62. The molecule has 1 aliphatic heterocycles. The molecule has 0 aliphatic carbocycles. The summed E-state index contributed by atoms with van der Waals surface area (Å²) in [5, 5.41) is 8.79. The lowest BCUT2D eigenvalue weighted by Gasteiger charge is -2.30. The summed E-state index contributed by atoms with van der Waals surface area (Å²) in [6, 6.07) is 0. The van der Waals surface area contributed by atoms with Crippen LogP contribution in [0.1, 0.15) is 19.8 Å². The maximum absolute atomic E-state index is 11.4. The summed E-state index contributed by atoms with van der Waals surface area (Å²) < 4.78 is 4.98. The molecule has 0 aromatic carbocycles. The van der Waals surface area contributed by atoms with Crippen molar-refractivity contribution in [3.8, 4) is 0 Å². The average Bonchev–Trinajstić information content (AvgIpc) is 2.19. The van der Waals surface area contributed by atoms with Crippen LogP contribution < -0.4 is 0 Å². The molecular formula is C10H19NO3. The summed E-state index contributed by atoms with van der Waals surface area (Å²) in [6.07, 6.45) is 1.93. The third-order valence-electron chi connectivity index (χ3n) is 2.54. The molecule has 0 saturated carbocycles. The van der Waals surface area contributed by atoms with Gasteiger partial charge in [0.05, 0.1) is 19.1 Å². The van der Waals surface area contributed by atoms with Gasteiger partial charge in [-0.1, -0.05) is 0 Å². The van der Waals surface area contributed by atoms with Gasteiger partial charge in [0.1, 0.15) is 0 Å². The second kappa shape index (κ2) is 5.98. The zero-order chi connectivity index (χ0) is 10.4. The molecule has 1 N–H and O–H groups in total. The minimum Gasteiger partial charge on any atom is -0.466 e. The number of likely N-dealkylation sites (tertiary alicyclic amines) is 1. The number of hydrogen-bond donors (Lipinski definition) is 1. The van der Waals surface area contributed by atoms with E-state index in [9.17, 15) is 4.79 Å². The van der Waals surface area contributed by atoms with Gasteiger partial charge in [-0.2, -0.15) is 0 Å². The molecule has 0 aromatic rings. The largest absolute Gasteiger partial charge is 0.466 e. The number of esters is 1. The monoisotopic (exact) mass is 201 g/mol. The average molecular weight is 201 g/mol. The Morgan fingerprint density at radius 1 is 1.64 bits per heavy atom. The third kappa shape index (κ3) is 3.27. The van der Waals surface area contributed by atoms with Crippen molar-refractivity contribution in [2.45, 2.75) is 19.8 Å². The molecule has 0 radical (unpaired) electrons. The van der Waals surface area contributed by atoms with E-state index in [0.29, 0.717) is 13.2 Å². The van der Waals surface area contributed by atoms with Crippen molar-refractivity contribution in [2.75, 3.05) is 32.8 Å². The van der Waals surface area contributed by atoms with E-state index in [-0.39, 0.29) is 18.5 Å². The van der Waals surface area contributed by atoms with E-state index in [1.165, 1.54) is 0 Å². The molecule has 1 atom stereocenters. The molecule has 14 heavy (non-hydrogen) atoms. The summed E-state index contributed by atoms with van der Waals surface area (Å²) in [6.45, 7) is 4.82. The topological polar surface area (TPSA) is 49.8 Å². The molecule has 1 rings (SSSR count). The molecule has 0 unspecified atom stereocenters. The van der Waals surface area contributed by atoms with Crippen LogP contribution in [0.15, 0.2) is 0 Å². The van der Waals surface area contributed by atoms with E-state index >= 15 is 0 Å². The number of piperidine rings is 1. The Morgan fingerprint density at radius 3 is 3.07 bits per heavy atom. The highest BCUT2D eigenvalue weighted by atomic mass is 16.5. The zero-order valence-corrected chi connectivity index (χ0v) is 8.74. The predicted molar refractivity (Wildman–Crippen MR) is 52.9 cm³/mol. The number of nitrogens with zero attached hydrogens (tertiary/aromatic N) is 1. The summed E-state index contributed by atoms with van der Waals surface area (Å²) in [4.78, 5) is 13.6. The molecule has 1 saturated heterocycles. The molecule has 82 valence electrons. The normalized spacial score (nSPS) is 23.4. The highest BCUT2D eigenvalue weighted by Crippen LogP contribution is 2.17. The Bertz CT molecular complexity index is 182. The van der Waals surface area contributed by atoms with E-state index in [1.807, 2.05) is 6.92 Å². The van der Waals surface area contributed by atoms with Gasteiger partial charge in [-0.05, 0) is 26.3 Å². The molecule has 4 nitrogen and oxygen atoms in total. The van der Waals surface area contributed by atoms with Crippen LogP contribution in [-0.4, -0.2) is 48.8 Å². The number of hydrogen-bond acceptors (Lipinski definition) is 4. The van der Waals surface area contributed by atoms with Gasteiger partial charge in [-0.25, -0.2) is 0 Å². The number of aliphatic hydroxyl groups excluding tert-OH is 1. The molecule has 1 heterocycles. The quantitative estimate of drug-likeness (QED) is 0.663. The van der Waals surface area contributed by atoms with Crippen molar-refractivity contribution in [1.29, 1.82) is 0 Å². The maximum Gasteiger partial charge on any atom is 0.310 e. The van der Waals surface area contributed by atoms with E-state index in [0.717, 1.165) is 25.9 Å². The van der Waals surface area contributed by atoms with Gasteiger partial charge in [0, 0.05) is 13.1 Å². The van der Waals surface area contributed by atoms with Crippen LogP contribution in [0.5, 0.6) is 0 Å². The van der Waals surface area contributed by atoms with Gasteiger partial charge < -0.3 is 14.7 Å². The standard InChI is InChI=1S/C10H19NO3/c1-2-14-10(13)9-4-3-5-11(8-9)6-7-12/h9,12H,2-8H2,1H3/t9-/m1/s1. The molecular weight excluding hydrogens is 182 g/mol. The number of rotatable bonds is 4. The number of carbonyl (C=O) groups is 1. The fourth-order valence-electron chi connectivity index (χ4n) is 1.85. The molecule has 0 amide bonds. The number of β-amino-alcohol motifs (C(OH)–C–C–N with tert-alkyl or cyclic N) is 1. The maximum atomic E-state index is 11.4. The van der Waals surface area contributed by atoms with Crippen LogP contribution in [0.4, 0.5) is 0 Å². The predicted octanol–water partition coefficient (Wildman–Crippen LogP) is 0.254. The Labute approximate surface area is 84.8 Å². The van der Waals surface area contributed by atoms with E-state index in [1.54, 1.807) is 0 Å². The molecule has 1 fully saturated rings. The molecule has 0 spiro atoms. The first-order valence-corrected chi connectivity index (χ1v) is 5.27. The van der Waals surface area contributed by atoms with Crippen molar-refractivity contribution >= 4 is 5.97 Å². The smallest absolute Gasteiger partial charge is 0.310 e. The lowest BCUT2D eigenvalue weighted by Crippen LogP contribution is -2.40. The fourth-order valence-corrected chi connectivity index (χ4v) is 1.85. The number of ether oxygens (including phenoxy) is 1. The van der Waals surface area contributed by atoms with Gasteiger partial charge in [-0.15, -0.1) is 0 Å². The van der Waals surface area contributed by atoms with Gasteiger partial charge >= 0.3 is 5.97 Å². The molecule has 4 heteroatoms. The first-order chi connectivity index (χ1) is 6.77. The summed E-state index contributed by atoms with van der Waals surface area (Å²) in [5.74, 6) is -0.0783. The van der Waals surface area contributed by atoms with Crippen LogP contribution >= 0.6 is 0 Å². The summed E-state index contributed by atoms with van der Waals surface area (Å²) in [7, 11) is 0. The van der Waals surface area contributed by atoms with E-state index in [2.05, 4.69) is 4.90 Å². The fraction of sp³-hybridized carbons (Fsp3) is 0.900. The number of carbonyl (C=O) groups excluding carboxylic acids is 1. The van der Waals surface area contributed by atoms with Crippen LogP contribution in [-0.2, 0) is 9.53 Å². The van der Waals surface area contributed by atoms with E-state index in [4.69, 9.17) is 9.84 Å². The lowest BCUT2D eigenvalue weighted by atomic mass is 9.98. The van der Waals surface area contributed by atoms with Gasteiger partial charge in [0.25, 0.3) is 0 Å². The highest BCUT2D eigenvalue weighted by Gasteiger charge is 2.26. The Kier molecular flexibility index (Phi) is 4.90. The van der Waals surface area contributed by atoms with Gasteiger partial charge in [0.2, 0.25) is 0 Å². The third-order valence-corrected chi connectivity index (χ3v) is 2.54. The Hall–Kier alpha value is -0.610. The lowest BCUT2D eigenvalue weighted by molar-refractivity contribution is -0.150. The Morgan fingerprint density at radius 2 is 2.43 bits per heavy atom. The number of aliphatic hydroxyl groups is 1. The Balaban J connectivity index is 2.35. The van der Waals surface area contributed by atoms with E-state index < -0.39 is 0 Å². The van der Waals surface area contributed by atoms with Crippen molar-refractivity contribution in [1.82, 2.24) is 4.90 Å². The summed E-state index contributed by atoms with van der Waals surface area (Å²) >= 11 is 0. The van der Waals surface area contributed by atoms with Crippen LogP contribution in [0.2, 0.25) is 0 Å². The molecule has 1 aliphatic rings. The van der Waals surface area contributed by atoms with Crippen molar-refractivity contribution < 1.29 is 14.6 Å². The first-order valence-electron chi connectivity index (χ1n) is 5.27. The van der Waals surface area contributed by atoms with Crippen LogP contribution in [0.3, 0.4) is 0 Å². The van der Waals surface area contributed by atoms with Gasteiger partial charge in [0.15, 0.2) is 0 Å². The second-order valence-electron chi connectivity index (χ2n) is 3.62. The van der Waals surface area contributed by atoms with Crippen molar-refractivity contribution in [3.63, 3.8) is 0 Å². The minimum atomic E-state index is -0.0878. The molecule has 0 aromatic heterocycles. The SMILES string of the molecule is CCOC(=O)[C@@H]1CCCN(CCO)C1. The molecule has 0 bridgehead atoms. The summed E-state index contributed by atoms with van der Waals surface area (Å²) in [5.41, 5.74) is 0. The highest BCUT2D eigenvalue weighted by molar-refractivity contribution is 5.72. The van der Waals surface area contributed by atoms with Crippen LogP contribution in [0, 0.1) is 5.92 Å². The minimum absolute atomic E-state index is 0.00949. The first kappa shape index (κ1) is 11.5. The van der Waals surface area contributed by atoms with Crippen molar-refractivity contribution in [3.05, 3.63) is 0 Å². The van der Waals surface area contributed by atoms with Gasteiger partial charge in [-0.3, -0.25) is 4.79 Å². The van der Waals surface area contributed by atoms with Crippen LogP contribution in [0.25, 0.3) is 0 Å². The zero-order valence-electron chi connectivity index (χ0n) is 8.74.